The van der Waals surface area contributed by atoms with E-state index in [1.165, 1.54) is 29.2 Å². The van der Waals surface area contributed by atoms with Crippen molar-refractivity contribution in [1.29, 1.82) is 0 Å². The van der Waals surface area contributed by atoms with Crippen molar-refractivity contribution in [3.63, 3.8) is 0 Å². The Hall–Kier alpha value is -1.34. The first-order chi connectivity index (χ1) is 9.24. The second-order valence-corrected chi connectivity index (χ2v) is 5.58. The molecule has 19 heavy (non-hydrogen) atoms. The Bertz CT molecular complexity index is 518. The van der Waals surface area contributed by atoms with Crippen LogP contribution in [0.3, 0.4) is 0 Å². The van der Waals surface area contributed by atoms with Crippen LogP contribution < -0.4 is 0 Å². The standard InChI is InChI=1S/C18H24O/c1-3-14(2)8-9-18(13-19)17-11-10-15-6-4-5-7-16(15)12-17/h4-7,10-12,14,18-19H,3,8-9,13H2,1-2H3. The van der Waals surface area contributed by atoms with E-state index in [1.54, 1.807) is 0 Å². The summed E-state index contributed by atoms with van der Waals surface area (Å²) in [5, 5.41) is 12.2. The van der Waals surface area contributed by atoms with Gasteiger partial charge in [-0.05, 0) is 28.7 Å². The van der Waals surface area contributed by atoms with Crippen molar-refractivity contribution in [2.45, 2.75) is 39.0 Å². The number of rotatable bonds is 6. The zero-order valence-electron chi connectivity index (χ0n) is 12.0. The minimum Gasteiger partial charge on any atom is -0.396 e. The van der Waals surface area contributed by atoms with Crippen molar-refractivity contribution in [2.75, 3.05) is 6.61 Å². The highest BCUT2D eigenvalue weighted by Crippen LogP contribution is 2.26. The maximum Gasteiger partial charge on any atom is 0.0499 e. The quantitative estimate of drug-likeness (QED) is 0.791. The molecule has 0 radical (unpaired) electrons. The molecule has 0 aliphatic carbocycles. The lowest BCUT2D eigenvalue weighted by molar-refractivity contribution is 0.252. The van der Waals surface area contributed by atoms with Gasteiger partial charge in [0.15, 0.2) is 0 Å². The fourth-order valence-electron chi connectivity index (χ4n) is 2.51. The van der Waals surface area contributed by atoms with Gasteiger partial charge < -0.3 is 5.11 Å². The molecule has 0 bridgehead atoms. The molecule has 2 unspecified atom stereocenters. The lowest BCUT2D eigenvalue weighted by Crippen LogP contribution is -2.06. The zero-order chi connectivity index (χ0) is 13.7. The van der Waals surface area contributed by atoms with Crippen molar-refractivity contribution in [2.24, 2.45) is 5.92 Å². The molecule has 2 aromatic carbocycles. The molecule has 0 heterocycles. The first kappa shape index (κ1) is 14.1. The van der Waals surface area contributed by atoms with Crippen molar-refractivity contribution in [1.82, 2.24) is 0 Å². The fraction of sp³-hybridized carbons (Fsp3) is 0.444. The van der Waals surface area contributed by atoms with Gasteiger partial charge in [-0.25, -0.2) is 0 Å². The Morgan fingerprint density at radius 3 is 2.42 bits per heavy atom. The van der Waals surface area contributed by atoms with Gasteiger partial charge in [-0.3, -0.25) is 0 Å². The van der Waals surface area contributed by atoms with Crippen LogP contribution in [0, 0.1) is 5.92 Å². The summed E-state index contributed by atoms with van der Waals surface area (Å²) in [6.07, 6.45) is 3.48. The predicted octanol–water partition coefficient (Wildman–Crippen LogP) is 4.74. The summed E-state index contributed by atoms with van der Waals surface area (Å²) in [5.74, 6) is 1.02. The molecule has 0 spiro atoms. The van der Waals surface area contributed by atoms with E-state index in [4.69, 9.17) is 0 Å². The summed E-state index contributed by atoms with van der Waals surface area (Å²) >= 11 is 0. The van der Waals surface area contributed by atoms with Crippen LogP contribution in [-0.2, 0) is 0 Å². The Labute approximate surface area is 116 Å². The average Bonchev–Trinajstić information content (AvgIpc) is 2.47. The molecule has 1 nitrogen and oxygen atoms in total. The van der Waals surface area contributed by atoms with Gasteiger partial charge in [0.05, 0.1) is 0 Å². The molecular formula is C18H24O. The molecule has 1 heteroatoms. The first-order valence-corrected chi connectivity index (χ1v) is 7.34. The molecule has 2 atom stereocenters. The van der Waals surface area contributed by atoms with Crippen LogP contribution in [0.2, 0.25) is 0 Å². The minimum absolute atomic E-state index is 0.245. The van der Waals surface area contributed by atoms with Crippen LogP contribution in [0.5, 0.6) is 0 Å². The Morgan fingerprint density at radius 2 is 1.74 bits per heavy atom. The number of aliphatic hydroxyl groups is 1. The lowest BCUT2D eigenvalue weighted by atomic mass is 9.89. The third-order valence-electron chi connectivity index (χ3n) is 4.17. The second kappa shape index (κ2) is 6.72. The van der Waals surface area contributed by atoms with E-state index in [2.05, 4.69) is 56.3 Å². The SMILES string of the molecule is CCC(C)CCC(CO)c1ccc2ccccc2c1. The summed E-state index contributed by atoms with van der Waals surface area (Å²) in [5.41, 5.74) is 1.27. The molecule has 0 amide bonds. The fourth-order valence-corrected chi connectivity index (χ4v) is 2.51. The van der Waals surface area contributed by atoms with E-state index in [1.807, 2.05) is 0 Å². The summed E-state index contributed by atoms with van der Waals surface area (Å²) in [6, 6.07) is 15.0. The number of hydrogen-bond donors (Lipinski definition) is 1. The molecule has 0 saturated carbocycles. The molecule has 102 valence electrons. The molecule has 0 aliphatic heterocycles. The van der Waals surface area contributed by atoms with Crippen LogP contribution in [-0.4, -0.2) is 11.7 Å². The van der Waals surface area contributed by atoms with Crippen molar-refractivity contribution in [3.8, 4) is 0 Å². The molecule has 2 aromatic rings. The Balaban J connectivity index is 2.15. The van der Waals surface area contributed by atoms with Gasteiger partial charge in [0.2, 0.25) is 0 Å². The zero-order valence-corrected chi connectivity index (χ0v) is 12.0. The molecular weight excluding hydrogens is 232 g/mol. The van der Waals surface area contributed by atoms with Gasteiger partial charge in [0, 0.05) is 12.5 Å². The summed E-state index contributed by atoms with van der Waals surface area (Å²) < 4.78 is 0. The van der Waals surface area contributed by atoms with E-state index >= 15 is 0 Å². The van der Waals surface area contributed by atoms with E-state index in [-0.39, 0.29) is 12.5 Å². The van der Waals surface area contributed by atoms with Crippen LogP contribution in [0.15, 0.2) is 42.5 Å². The molecule has 0 saturated heterocycles. The molecule has 0 fully saturated rings. The summed E-state index contributed by atoms with van der Waals surface area (Å²) in [6.45, 7) is 4.76. The highest BCUT2D eigenvalue weighted by Gasteiger charge is 2.12. The Morgan fingerprint density at radius 1 is 1.00 bits per heavy atom. The van der Waals surface area contributed by atoms with E-state index in [0.717, 1.165) is 12.3 Å². The van der Waals surface area contributed by atoms with Crippen LogP contribution >= 0.6 is 0 Å². The predicted molar refractivity (Wildman–Crippen MR) is 82.5 cm³/mol. The molecule has 0 aliphatic rings. The number of fused-ring (bicyclic) bond motifs is 1. The van der Waals surface area contributed by atoms with Crippen molar-refractivity contribution < 1.29 is 5.11 Å². The first-order valence-electron chi connectivity index (χ1n) is 7.34. The number of hydrogen-bond acceptors (Lipinski definition) is 1. The third kappa shape index (κ3) is 3.57. The van der Waals surface area contributed by atoms with Crippen molar-refractivity contribution in [3.05, 3.63) is 48.0 Å². The van der Waals surface area contributed by atoms with Gasteiger partial charge >= 0.3 is 0 Å². The third-order valence-corrected chi connectivity index (χ3v) is 4.17. The highest BCUT2D eigenvalue weighted by atomic mass is 16.3. The molecule has 1 N–H and O–H groups in total. The van der Waals surface area contributed by atoms with Crippen LogP contribution in [0.25, 0.3) is 10.8 Å². The topological polar surface area (TPSA) is 20.2 Å². The average molecular weight is 256 g/mol. The lowest BCUT2D eigenvalue weighted by Gasteiger charge is -2.17. The van der Waals surface area contributed by atoms with Gasteiger partial charge in [-0.1, -0.05) is 69.2 Å². The van der Waals surface area contributed by atoms with Crippen LogP contribution in [0.4, 0.5) is 0 Å². The number of benzene rings is 2. The molecule has 2 rings (SSSR count). The van der Waals surface area contributed by atoms with Crippen LogP contribution in [0.1, 0.15) is 44.6 Å². The maximum absolute atomic E-state index is 9.64. The number of aliphatic hydroxyl groups excluding tert-OH is 1. The van der Waals surface area contributed by atoms with E-state index < -0.39 is 0 Å². The largest absolute Gasteiger partial charge is 0.396 e. The normalized spacial score (nSPS) is 14.5. The highest BCUT2D eigenvalue weighted by molar-refractivity contribution is 5.83. The Kier molecular flexibility index (Phi) is 4.98. The second-order valence-electron chi connectivity index (χ2n) is 5.58. The summed E-state index contributed by atoms with van der Waals surface area (Å²) in [7, 11) is 0. The van der Waals surface area contributed by atoms with E-state index in [9.17, 15) is 5.11 Å². The van der Waals surface area contributed by atoms with Gasteiger partial charge in [-0.2, -0.15) is 0 Å². The van der Waals surface area contributed by atoms with Crippen molar-refractivity contribution >= 4 is 10.8 Å². The van der Waals surface area contributed by atoms with Gasteiger partial charge in [0.1, 0.15) is 0 Å². The molecule has 0 aromatic heterocycles. The maximum atomic E-state index is 9.64. The summed E-state index contributed by atoms with van der Waals surface area (Å²) in [4.78, 5) is 0. The van der Waals surface area contributed by atoms with Gasteiger partial charge in [0.25, 0.3) is 0 Å². The van der Waals surface area contributed by atoms with Gasteiger partial charge in [-0.15, -0.1) is 0 Å². The monoisotopic (exact) mass is 256 g/mol. The minimum atomic E-state index is 0.245. The van der Waals surface area contributed by atoms with E-state index in [0.29, 0.717) is 0 Å². The smallest absolute Gasteiger partial charge is 0.0499 e.